The van der Waals surface area contributed by atoms with Gasteiger partial charge < -0.3 is 9.63 Å². The van der Waals surface area contributed by atoms with Crippen molar-refractivity contribution in [3.05, 3.63) is 24.3 Å². The van der Waals surface area contributed by atoms with E-state index in [2.05, 4.69) is 24.2 Å². The van der Waals surface area contributed by atoms with Crippen LogP contribution in [-0.4, -0.2) is 27.5 Å². The fraction of sp³-hybridized carbons (Fsp3) is 0.632. The van der Waals surface area contributed by atoms with Crippen LogP contribution < -0.4 is 4.84 Å². The third-order valence-corrected chi connectivity index (χ3v) is 6.54. The van der Waals surface area contributed by atoms with Gasteiger partial charge in [-0.25, -0.2) is 0 Å². The van der Waals surface area contributed by atoms with Crippen molar-refractivity contribution in [2.24, 2.45) is 23.2 Å². The third-order valence-electron chi connectivity index (χ3n) is 6.54. The summed E-state index contributed by atoms with van der Waals surface area (Å²) >= 11 is 0. The van der Waals surface area contributed by atoms with Crippen molar-refractivity contribution in [3.63, 3.8) is 0 Å². The number of carbonyl (C=O) groups is 1. The van der Waals surface area contributed by atoms with Gasteiger partial charge in [0.1, 0.15) is 23.4 Å². The molecule has 2 aliphatic carbocycles. The van der Waals surface area contributed by atoms with Gasteiger partial charge in [-0.15, -0.1) is 5.10 Å². The molecule has 0 bridgehead atoms. The van der Waals surface area contributed by atoms with Gasteiger partial charge in [-0.2, -0.15) is 0 Å². The number of carbonyl (C=O) groups excluding carboxylic acids is 1. The van der Waals surface area contributed by atoms with Gasteiger partial charge in [-0.3, -0.25) is 0 Å². The molecule has 5 nitrogen and oxygen atoms in total. The fourth-order valence-electron chi connectivity index (χ4n) is 5.30. The number of benzene rings is 1. The minimum atomic E-state index is 0.131. The van der Waals surface area contributed by atoms with Gasteiger partial charge in [0.2, 0.25) is 0 Å². The summed E-state index contributed by atoms with van der Waals surface area (Å²) in [4.78, 5) is 19.2. The molecule has 2 saturated carbocycles. The molecule has 0 saturated heterocycles. The van der Waals surface area contributed by atoms with Crippen molar-refractivity contribution >= 4 is 17.3 Å². The van der Waals surface area contributed by atoms with Crippen molar-refractivity contribution < 1.29 is 9.63 Å². The predicted octanol–water partition coefficient (Wildman–Crippen LogP) is 3.28. The highest BCUT2D eigenvalue weighted by Gasteiger charge is 2.53. The maximum absolute atomic E-state index is 11.3. The zero-order valence-corrected chi connectivity index (χ0v) is 14.4. The lowest BCUT2D eigenvalue weighted by atomic mass is 9.62. The maximum Gasteiger partial charge on any atom is 0.130 e. The van der Waals surface area contributed by atoms with Gasteiger partial charge in [0.05, 0.1) is 0 Å². The van der Waals surface area contributed by atoms with E-state index in [1.165, 1.54) is 6.42 Å². The largest absolute Gasteiger partial charge is 0.391 e. The highest BCUT2D eigenvalue weighted by Crippen LogP contribution is 2.57. The van der Waals surface area contributed by atoms with Crippen LogP contribution in [-0.2, 0) is 4.79 Å². The van der Waals surface area contributed by atoms with Crippen molar-refractivity contribution in [2.45, 2.75) is 52.1 Å². The molecule has 0 radical (unpaired) electrons. The number of para-hydroxylation sites is 1. The van der Waals surface area contributed by atoms with Gasteiger partial charge >= 0.3 is 0 Å². The molecule has 0 amide bonds. The number of hydrogen-bond acceptors (Lipinski definition) is 4. The summed E-state index contributed by atoms with van der Waals surface area (Å²) in [7, 11) is 0. The predicted molar refractivity (Wildman–Crippen MR) is 91.3 cm³/mol. The maximum atomic E-state index is 11.3. The molecule has 0 N–H and O–H groups in total. The summed E-state index contributed by atoms with van der Waals surface area (Å²) < 4.78 is 0. The number of aromatic nitrogens is 3. The van der Waals surface area contributed by atoms with Crippen LogP contribution in [0.3, 0.4) is 0 Å². The number of rotatable bonds is 4. The molecule has 2 unspecified atom stereocenters. The van der Waals surface area contributed by atoms with E-state index in [-0.39, 0.29) is 17.4 Å². The Morgan fingerprint density at radius 2 is 2.17 bits per heavy atom. The summed E-state index contributed by atoms with van der Waals surface area (Å²) in [6.07, 6.45) is 6.93. The molecule has 128 valence electrons. The Hall–Kier alpha value is -1.91. The van der Waals surface area contributed by atoms with Crippen molar-refractivity contribution in [3.8, 4) is 0 Å². The fourth-order valence-corrected chi connectivity index (χ4v) is 5.30. The molecule has 5 heteroatoms. The van der Waals surface area contributed by atoms with E-state index in [1.54, 1.807) is 4.85 Å². The molecule has 0 aliphatic heterocycles. The quantitative estimate of drug-likeness (QED) is 0.809. The van der Waals surface area contributed by atoms with E-state index in [4.69, 9.17) is 4.84 Å². The van der Waals surface area contributed by atoms with Crippen LogP contribution in [0.1, 0.15) is 46.0 Å². The summed E-state index contributed by atoms with van der Waals surface area (Å²) in [5.41, 5.74) is 1.97. The van der Waals surface area contributed by atoms with Gasteiger partial charge in [-0.05, 0) is 60.8 Å². The molecule has 2 aliphatic rings. The van der Waals surface area contributed by atoms with E-state index >= 15 is 0 Å². The smallest absolute Gasteiger partial charge is 0.130 e. The normalized spacial score (nSPS) is 34.0. The molecule has 1 aromatic carbocycles. The van der Waals surface area contributed by atoms with Crippen LogP contribution in [0, 0.1) is 23.2 Å². The lowest BCUT2D eigenvalue weighted by Crippen LogP contribution is -2.46. The third kappa shape index (κ3) is 2.33. The van der Waals surface area contributed by atoms with Crippen LogP contribution in [0.2, 0.25) is 0 Å². The molecular formula is C19H25N3O2. The van der Waals surface area contributed by atoms with Crippen LogP contribution in [0.4, 0.5) is 0 Å². The van der Waals surface area contributed by atoms with Crippen LogP contribution in [0.15, 0.2) is 24.3 Å². The Kier molecular flexibility index (Phi) is 3.82. The van der Waals surface area contributed by atoms with E-state index in [9.17, 15) is 4.79 Å². The minimum absolute atomic E-state index is 0.131. The van der Waals surface area contributed by atoms with E-state index in [0.717, 1.165) is 43.0 Å². The van der Waals surface area contributed by atoms with E-state index < -0.39 is 0 Å². The Morgan fingerprint density at radius 1 is 1.33 bits per heavy atom. The summed E-state index contributed by atoms with van der Waals surface area (Å²) in [6.45, 7) is 4.44. The van der Waals surface area contributed by atoms with Gasteiger partial charge in [0, 0.05) is 11.8 Å². The van der Waals surface area contributed by atoms with E-state index in [1.807, 2.05) is 24.3 Å². The van der Waals surface area contributed by atoms with Crippen LogP contribution >= 0.6 is 0 Å². The highest BCUT2D eigenvalue weighted by molar-refractivity contribution is 5.73. The number of hydrogen-bond donors (Lipinski definition) is 0. The molecule has 1 heterocycles. The van der Waals surface area contributed by atoms with Crippen molar-refractivity contribution in [1.29, 1.82) is 0 Å². The first-order chi connectivity index (χ1) is 11.6. The lowest BCUT2D eigenvalue weighted by molar-refractivity contribution is -0.116. The second-order valence-electron chi connectivity index (χ2n) is 7.78. The summed E-state index contributed by atoms with van der Waals surface area (Å²) in [5, 5.41) is 8.37. The van der Waals surface area contributed by atoms with Crippen molar-refractivity contribution in [1.82, 2.24) is 15.2 Å². The SMILES string of the molecule is C[C@H](C=O)C1CCC2[C@@H](On3nnc4ccccc43)CCC[C@]12C. The zero-order chi connectivity index (χ0) is 16.7. The Bertz CT molecular complexity index is 743. The first kappa shape index (κ1) is 15.6. The summed E-state index contributed by atoms with van der Waals surface area (Å²) in [5.74, 6) is 1.09. The van der Waals surface area contributed by atoms with Crippen LogP contribution in [0.25, 0.3) is 11.0 Å². The van der Waals surface area contributed by atoms with Gasteiger partial charge in [0.25, 0.3) is 0 Å². The Labute approximate surface area is 142 Å². The monoisotopic (exact) mass is 327 g/mol. The number of nitrogens with zero attached hydrogens (tertiary/aromatic N) is 3. The summed E-state index contributed by atoms with van der Waals surface area (Å²) in [6, 6.07) is 7.88. The Balaban J connectivity index is 1.59. The lowest BCUT2D eigenvalue weighted by Gasteiger charge is -2.45. The molecular weight excluding hydrogens is 302 g/mol. The molecule has 2 fully saturated rings. The van der Waals surface area contributed by atoms with Gasteiger partial charge in [-0.1, -0.05) is 30.8 Å². The first-order valence-corrected chi connectivity index (χ1v) is 9.06. The number of aldehydes is 1. The number of fused-ring (bicyclic) bond motifs is 2. The van der Waals surface area contributed by atoms with Gasteiger partial charge in [0.15, 0.2) is 0 Å². The standard InChI is InChI=1S/C19H25N3O2/c1-13(12-23)14-9-10-15-18(8-5-11-19(14,15)2)24-22-17-7-4-3-6-16(17)20-21-22/h3-4,6-7,12-15,18H,5,8-11H2,1-2H3/t13-,14?,15?,18+,19-/m1/s1. The minimum Gasteiger partial charge on any atom is -0.391 e. The molecule has 1 aromatic heterocycles. The average Bonchev–Trinajstić information content (AvgIpc) is 3.16. The average molecular weight is 327 g/mol. The van der Waals surface area contributed by atoms with Crippen LogP contribution in [0.5, 0.6) is 0 Å². The molecule has 24 heavy (non-hydrogen) atoms. The highest BCUT2D eigenvalue weighted by atomic mass is 16.7. The van der Waals surface area contributed by atoms with E-state index in [0.29, 0.717) is 11.8 Å². The second-order valence-corrected chi connectivity index (χ2v) is 7.78. The second kappa shape index (κ2) is 5.87. The molecule has 2 aromatic rings. The molecule has 5 atom stereocenters. The first-order valence-electron chi connectivity index (χ1n) is 9.06. The van der Waals surface area contributed by atoms with Crippen molar-refractivity contribution in [2.75, 3.05) is 0 Å². The topological polar surface area (TPSA) is 57.0 Å². The molecule has 0 spiro atoms. The zero-order valence-electron chi connectivity index (χ0n) is 14.4. The molecule has 4 rings (SSSR count). The Morgan fingerprint density at radius 3 is 3.00 bits per heavy atom.